The number of nitrogens with zero attached hydrogens (tertiary/aromatic N) is 2. The molecule has 1 aliphatic heterocycles. The summed E-state index contributed by atoms with van der Waals surface area (Å²) in [6.45, 7) is 7.80. The molecule has 1 saturated heterocycles. The number of likely N-dealkylation sites (N-methyl/N-ethyl adjacent to an activating group) is 1. The molecule has 0 aliphatic carbocycles. The van der Waals surface area contributed by atoms with Crippen LogP contribution in [0.5, 0.6) is 0 Å². The minimum Gasteiger partial charge on any atom is -0.339 e. The van der Waals surface area contributed by atoms with Crippen molar-refractivity contribution in [3.8, 4) is 0 Å². The third-order valence-corrected chi connectivity index (χ3v) is 4.30. The Morgan fingerprint density at radius 2 is 1.83 bits per heavy atom. The van der Waals surface area contributed by atoms with Crippen molar-refractivity contribution in [3.05, 3.63) is 29.8 Å². The van der Waals surface area contributed by atoms with E-state index in [1.165, 1.54) is 6.42 Å². The predicted molar refractivity (Wildman–Crippen MR) is 92.6 cm³/mol. The maximum absolute atomic E-state index is 12.5. The molecule has 2 rings (SSSR count). The van der Waals surface area contributed by atoms with E-state index in [0.29, 0.717) is 17.8 Å². The number of hydrogen-bond donors (Lipinski definition) is 1. The Kier molecular flexibility index (Phi) is 6.59. The lowest BCUT2D eigenvalue weighted by molar-refractivity contribution is -0.117. The Bertz CT molecular complexity index is 535. The van der Waals surface area contributed by atoms with Gasteiger partial charge in [0.25, 0.3) is 5.91 Å². The van der Waals surface area contributed by atoms with E-state index in [-0.39, 0.29) is 11.8 Å². The van der Waals surface area contributed by atoms with Gasteiger partial charge in [-0.15, -0.1) is 0 Å². The maximum Gasteiger partial charge on any atom is 0.253 e. The Hall–Kier alpha value is -1.88. The van der Waals surface area contributed by atoms with Crippen molar-refractivity contribution in [1.29, 1.82) is 0 Å². The molecule has 1 heterocycles. The van der Waals surface area contributed by atoms with Crippen LogP contribution in [0.15, 0.2) is 24.3 Å². The Morgan fingerprint density at radius 1 is 1.13 bits per heavy atom. The predicted octanol–water partition coefficient (Wildman–Crippen LogP) is 2.59. The summed E-state index contributed by atoms with van der Waals surface area (Å²) in [4.78, 5) is 28.5. The molecule has 1 aromatic rings. The van der Waals surface area contributed by atoms with Gasteiger partial charge in [0, 0.05) is 24.3 Å². The summed E-state index contributed by atoms with van der Waals surface area (Å²) in [7, 11) is 0. The molecule has 0 radical (unpaired) electrons. The van der Waals surface area contributed by atoms with Crippen molar-refractivity contribution in [1.82, 2.24) is 9.80 Å². The zero-order chi connectivity index (χ0) is 16.7. The van der Waals surface area contributed by atoms with Crippen molar-refractivity contribution >= 4 is 17.5 Å². The van der Waals surface area contributed by atoms with Gasteiger partial charge in [-0.1, -0.05) is 19.9 Å². The maximum atomic E-state index is 12.5. The number of hydrogen-bond acceptors (Lipinski definition) is 3. The van der Waals surface area contributed by atoms with Crippen molar-refractivity contribution in [2.45, 2.75) is 33.1 Å². The number of nitrogens with one attached hydrogen (secondary N) is 1. The van der Waals surface area contributed by atoms with Crippen LogP contribution in [0.3, 0.4) is 0 Å². The van der Waals surface area contributed by atoms with E-state index in [9.17, 15) is 9.59 Å². The highest BCUT2D eigenvalue weighted by Gasteiger charge is 2.18. The normalized spacial score (nSPS) is 14.8. The molecule has 1 fully saturated rings. The quantitative estimate of drug-likeness (QED) is 0.877. The summed E-state index contributed by atoms with van der Waals surface area (Å²) in [5, 5.41) is 2.89. The summed E-state index contributed by atoms with van der Waals surface area (Å²) in [6, 6.07) is 7.24. The molecule has 0 unspecified atom stereocenters. The molecule has 23 heavy (non-hydrogen) atoms. The summed E-state index contributed by atoms with van der Waals surface area (Å²) >= 11 is 0. The van der Waals surface area contributed by atoms with Crippen LogP contribution in [0.25, 0.3) is 0 Å². The zero-order valence-corrected chi connectivity index (χ0v) is 14.2. The van der Waals surface area contributed by atoms with Gasteiger partial charge >= 0.3 is 0 Å². The number of piperidine rings is 1. The second-order valence-electron chi connectivity index (χ2n) is 5.94. The molecule has 0 aromatic heterocycles. The molecule has 0 saturated carbocycles. The highest BCUT2D eigenvalue weighted by molar-refractivity contribution is 5.97. The summed E-state index contributed by atoms with van der Waals surface area (Å²) in [6.07, 6.45) is 3.35. The molecule has 5 nitrogen and oxygen atoms in total. The largest absolute Gasteiger partial charge is 0.339 e. The van der Waals surface area contributed by atoms with Crippen LogP contribution in [0, 0.1) is 0 Å². The topological polar surface area (TPSA) is 52.7 Å². The molecule has 1 aromatic carbocycles. The number of likely N-dealkylation sites (tertiary alicyclic amines) is 1. The van der Waals surface area contributed by atoms with Crippen LogP contribution in [-0.2, 0) is 4.79 Å². The van der Waals surface area contributed by atoms with Gasteiger partial charge in [0.2, 0.25) is 5.91 Å². The average Bonchev–Trinajstić information content (AvgIpc) is 2.60. The Morgan fingerprint density at radius 3 is 2.48 bits per heavy atom. The summed E-state index contributed by atoms with van der Waals surface area (Å²) < 4.78 is 0. The van der Waals surface area contributed by atoms with E-state index >= 15 is 0 Å². The van der Waals surface area contributed by atoms with E-state index in [4.69, 9.17) is 0 Å². The number of amides is 2. The third kappa shape index (κ3) is 5.06. The molecule has 1 aliphatic rings. The van der Waals surface area contributed by atoms with Gasteiger partial charge in [-0.2, -0.15) is 0 Å². The first kappa shape index (κ1) is 17.5. The lowest BCUT2D eigenvalue weighted by Gasteiger charge is -2.26. The fraction of sp³-hybridized carbons (Fsp3) is 0.556. The Balaban J connectivity index is 1.98. The first-order valence-corrected chi connectivity index (χ1v) is 8.55. The summed E-state index contributed by atoms with van der Waals surface area (Å²) in [5.41, 5.74) is 1.33. The van der Waals surface area contributed by atoms with Crippen LogP contribution in [0.1, 0.15) is 43.5 Å². The minimum absolute atomic E-state index is 0.0451. The first-order chi connectivity index (χ1) is 11.1. The zero-order valence-electron chi connectivity index (χ0n) is 14.2. The molecule has 5 heteroatoms. The number of benzene rings is 1. The number of carbonyl (C=O) groups excluding carboxylic acids is 2. The highest BCUT2D eigenvalue weighted by atomic mass is 16.2. The van der Waals surface area contributed by atoms with E-state index < -0.39 is 0 Å². The second kappa shape index (κ2) is 8.67. The fourth-order valence-corrected chi connectivity index (χ4v) is 2.86. The molecular formula is C18H27N3O2. The van der Waals surface area contributed by atoms with E-state index in [1.54, 1.807) is 6.07 Å². The standard InChI is InChI=1S/C18H27N3O2/c1-3-20(4-2)14-17(22)19-16-10-8-9-15(13-16)18(23)21-11-6-5-7-12-21/h8-10,13H,3-7,11-12,14H2,1-2H3,(H,19,22). The van der Waals surface area contributed by atoms with Gasteiger partial charge in [-0.25, -0.2) is 0 Å². The van der Waals surface area contributed by atoms with Gasteiger partial charge in [0.15, 0.2) is 0 Å². The van der Waals surface area contributed by atoms with Crippen LogP contribution >= 0.6 is 0 Å². The van der Waals surface area contributed by atoms with Gasteiger partial charge in [-0.05, 0) is 50.6 Å². The molecule has 126 valence electrons. The monoisotopic (exact) mass is 317 g/mol. The molecule has 1 N–H and O–H groups in total. The molecule has 0 spiro atoms. The number of carbonyl (C=O) groups is 2. The van der Waals surface area contributed by atoms with Gasteiger partial charge in [0.1, 0.15) is 0 Å². The van der Waals surface area contributed by atoms with Crippen molar-refractivity contribution < 1.29 is 9.59 Å². The smallest absolute Gasteiger partial charge is 0.253 e. The van der Waals surface area contributed by atoms with Crippen LogP contribution in [0.2, 0.25) is 0 Å². The Labute approximate surface area is 138 Å². The SMILES string of the molecule is CCN(CC)CC(=O)Nc1cccc(C(=O)N2CCCCC2)c1. The first-order valence-electron chi connectivity index (χ1n) is 8.55. The second-order valence-corrected chi connectivity index (χ2v) is 5.94. The minimum atomic E-state index is -0.0451. The summed E-state index contributed by atoms with van der Waals surface area (Å²) in [5.74, 6) is 0.0146. The fourth-order valence-electron chi connectivity index (χ4n) is 2.86. The van der Waals surface area contributed by atoms with Gasteiger partial charge in [0.05, 0.1) is 6.54 Å². The third-order valence-electron chi connectivity index (χ3n) is 4.30. The van der Waals surface area contributed by atoms with Crippen LogP contribution in [-0.4, -0.2) is 54.3 Å². The molecular weight excluding hydrogens is 290 g/mol. The number of anilines is 1. The van der Waals surface area contributed by atoms with E-state index in [1.807, 2.05) is 36.9 Å². The van der Waals surface area contributed by atoms with Crippen molar-refractivity contribution in [2.75, 3.05) is 38.0 Å². The molecule has 2 amide bonds. The van der Waals surface area contributed by atoms with Gasteiger partial charge < -0.3 is 10.2 Å². The lowest BCUT2D eigenvalue weighted by Crippen LogP contribution is -2.35. The number of rotatable bonds is 6. The molecule has 0 bridgehead atoms. The molecule has 0 atom stereocenters. The highest BCUT2D eigenvalue weighted by Crippen LogP contribution is 2.16. The van der Waals surface area contributed by atoms with Crippen LogP contribution < -0.4 is 5.32 Å². The average molecular weight is 317 g/mol. The van der Waals surface area contributed by atoms with Crippen LogP contribution in [0.4, 0.5) is 5.69 Å². The van der Waals surface area contributed by atoms with Crippen molar-refractivity contribution in [3.63, 3.8) is 0 Å². The van der Waals surface area contributed by atoms with Crippen molar-refractivity contribution in [2.24, 2.45) is 0 Å². The lowest BCUT2D eigenvalue weighted by atomic mass is 10.1. The van der Waals surface area contributed by atoms with E-state index in [2.05, 4.69) is 10.2 Å². The van der Waals surface area contributed by atoms with Gasteiger partial charge in [-0.3, -0.25) is 14.5 Å². The van der Waals surface area contributed by atoms with E-state index in [0.717, 1.165) is 39.0 Å².